The Labute approximate surface area is 176 Å². The van der Waals surface area contributed by atoms with E-state index in [0.29, 0.717) is 11.2 Å². The number of hydrogen-bond acceptors (Lipinski definition) is 4. The van der Waals surface area contributed by atoms with Crippen LogP contribution in [0, 0.1) is 17.6 Å². The Bertz CT molecular complexity index is 1270. The molecule has 4 aromatic rings. The zero-order valence-corrected chi connectivity index (χ0v) is 16.3. The van der Waals surface area contributed by atoms with Crippen molar-refractivity contribution in [2.75, 3.05) is 0 Å². The zero-order valence-electron chi connectivity index (χ0n) is 14.8. The standard InChI is InChI=1S/C15H7BrF3N5.C2HF3O2/c16-10-11(17)13(19)23-15(12(10)18)24-6-7(5-22-24)8-1-3-20-14-9(8)2-4-21-14;3-2(4,5)1(6)7/h1-6H,(H,20,21);(H,6,7). The highest BCUT2D eigenvalue weighted by Crippen LogP contribution is 2.29. The van der Waals surface area contributed by atoms with E-state index in [0.717, 1.165) is 15.6 Å². The average Bonchev–Trinajstić information content (AvgIpc) is 3.38. The van der Waals surface area contributed by atoms with Crippen LogP contribution in [-0.2, 0) is 4.79 Å². The number of rotatable bonds is 2. The molecule has 0 unspecified atom stereocenters. The Morgan fingerprint density at radius 1 is 1.16 bits per heavy atom. The lowest BCUT2D eigenvalue weighted by atomic mass is 10.1. The maximum absolute atomic E-state index is 14.2. The predicted molar refractivity (Wildman–Crippen MR) is 97.7 cm³/mol. The van der Waals surface area contributed by atoms with Crippen molar-refractivity contribution in [1.82, 2.24) is 24.7 Å². The first-order chi connectivity index (χ1) is 14.5. The van der Waals surface area contributed by atoms with E-state index in [1.54, 1.807) is 18.5 Å². The molecule has 0 aromatic carbocycles. The van der Waals surface area contributed by atoms with Gasteiger partial charge in [-0.05, 0) is 33.6 Å². The summed E-state index contributed by atoms with van der Waals surface area (Å²) in [6.45, 7) is 0. The molecule has 14 heteroatoms. The summed E-state index contributed by atoms with van der Waals surface area (Å²) in [5.74, 6) is -7.02. The van der Waals surface area contributed by atoms with Gasteiger partial charge in [-0.3, -0.25) is 0 Å². The van der Waals surface area contributed by atoms with E-state index in [2.05, 4.69) is 36.0 Å². The number of nitrogens with zero attached hydrogens (tertiary/aromatic N) is 4. The Kier molecular flexibility index (Phi) is 6.01. The molecule has 0 atom stereocenters. The Morgan fingerprint density at radius 2 is 1.84 bits per heavy atom. The average molecular weight is 508 g/mol. The Hall–Kier alpha value is -3.42. The van der Waals surface area contributed by atoms with E-state index < -0.39 is 40.0 Å². The highest BCUT2D eigenvalue weighted by molar-refractivity contribution is 9.10. The number of H-pyrrole nitrogens is 1. The molecule has 0 saturated heterocycles. The lowest BCUT2D eigenvalue weighted by Gasteiger charge is -2.05. The second kappa shape index (κ2) is 8.37. The molecule has 0 spiro atoms. The number of aliphatic carboxylic acids is 1. The summed E-state index contributed by atoms with van der Waals surface area (Å²) in [7, 11) is 0. The Morgan fingerprint density at radius 3 is 2.48 bits per heavy atom. The van der Waals surface area contributed by atoms with Gasteiger partial charge in [-0.25, -0.2) is 23.2 Å². The van der Waals surface area contributed by atoms with Crippen molar-refractivity contribution in [2.24, 2.45) is 0 Å². The van der Waals surface area contributed by atoms with Crippen molar-refractivity contribution < 1.29 is 36.2 Å². The normalized spacial score (nSPS) is 11.3. The number of carboxylic acid groups (broad SMARTS) is 1. The van der Waals surface area contributed by atoms with E-state index in [9.17, 15) is 26.3 Å². The monoisotopic (exact) mass is 507 g/mol. The summed E-state index contributed by atoms with van der Waals surface area (Å²) in [5, 5.41) is 12.0. The predicted octanol–water partition coefficient (Wildman–Crippen LogP) is 4.62. The van der Waals surface area contributed by atoms with Crippen molar-refractivity contribution in [1.29, 1.82) is 0 Å². The number of nitrogens with one attached hydrogen (secondary N) is 1. The lowest BCUT2D eigenvalue weighted by molar-refractivity contribution is -0.192. The van der Waals surface area contributed by atoms with E-state index in [-0.39, 0.29) is 0 Å². The molecule has 4 rings (SSSR count). The Balaban J connectivity index is 0.000000339. The molecule has 0 fully saturated rings. The van der Waals surface area contributed by atoms with Crippen molar-refractivity contribution >= 4 is 32.9 Å². The first-order valence-corrected chi connectivity index (χ1v) is 8.77. The number of aromatic nitrogens is 5. The quantitative estimate of drug-likeness (QED) is 0.304. The summed E-state index contributed by atoms with van der Waals surface area (Å²) >= 11 is 2.67. The van der Waals surface area contributed by atoms with Crippen LogP contribution in [0.4, 0.5) is 26.3 Å². The largest absolute Gasteiger partial charge is 0.490 e. The third-order valence-electron chi connectivity index (χ3n) is 3.78. The van der Waals surface area contributed by atoms with Crippen molar-refractivity contribution in [3.63, 3.8) is 0 Å². The van der Waals surface area contributed by atoms with Gasteiger partial charge in [0, 0.05) is 29.5 Å². The van der Waals surface area contributed by atoms with Gasteiger partial charge in [-0.15, -0.1) is 0 Å². The molecule has 162 valence electrons. The molecule has 0 aliphatic carbocycles. The fraction of sp³-hybridized carbons (Fsp3) is 0.0588. The number of alkyl halides is 3. The first-order valence-electron chi connectivity index (χ1n) is 7.98. The number of carboxylic acids is 1. The fourth-order valence-corrected chi connectivity index (χ4v) is 2.76. The van der Waals surface area contributed by atoms with Crippen molar-refractivity contribution in [2.45, 2.75) is 6.18 Å². The van der Waals surface area contributed by atoms with Gasteiger partial charge in [0.15, 0.2) is 17.5 Å². The second-order valence-corrected chi connectivity index (χ2v) is 6.54. The maximum Gasteiger partial charge on any atom is 0.490 e. The molecule has 4 heterocycles. The third kappa shape index (κ3) is 4.52. The van der Waals surface area contributed by atoms with E-state index in [1.807, 2.05) is 6.07 Å². The van der Waals surface area contributed by atoms with Crippen LogP contribution < -0.4 is 0 Å². The van der Waals surface area contributed by atoms with Gasteiger partial charge in [0.1, 0.15) is 5.65 Å². The van der Waals surface area contributed by atoms with Crippen LogP contribution in [0.1, 0.15) is 0 Å². The van der Waals surface area contributed by atoms with Gasteiger partial charge >= 0.3 is 12.1 Å². The van der Waals surface area contributed by atoms with Gasteiger partial charge < -0.3 is 10.1 Å². The summed E-state index contributed by atoms with van der Waals surface area (Å²) in [6.07, 6.45) is 1.26. The van der Waals surface area contributed by atoms with Gasteiger partial charge in [0.05, 0.1) is 10.7 Å². The topological polar surface area (TPSA) is 96.7 Å². The van der Waals surface area contributed by atoms with Gasteiger partial charge in [-0.2, -0.15) is 27.6 Å². The second-order valence-electron chi connectivity index (χ2n) is 5.74. The third-order valence-corrected chi connectivity index (χ3v) is 4.48. The summed E-state index contributed by atoms with van der Waals surface area (Å²) < 4.78 is 73.1. The first kappa shape index (κ1) is 22.3. The molecule has 0 bridgehead atoms. The minimum atomic E-state index is -5.08. The minimum Gasteiger partial charge on any atom is -0.475 e. The van der Waals surface area contributed by atoms with E-state index >= 15 is 0 Å². The number of aromatic amines is 1. The molecule has 2 N–H and O–H groups in total. The smallest absolute Gasteiger partial charge is 0.475 e. The molecule has 0 saturated carbocycles. The summed E-state index contributed by atoms with van der Waals surface area (Å²) in [4.78, 5) is 19.4. The molecule has 0 aliphatic rings. The van der Waals surface area contributed by atoms with Crippen LogP contribution >= 0.6 is 15.9 Å². The minimum absolute atomic E-state index is 0.439. The van der Waals surface area contributed by atoms with Crippen LogP contribution in [0.25, 0.3) is 28.0 Å². The van der Waals surface area contributed by atoms with E-state index in [1.165, 1.54) is 12.4 Å². The number of fused-ring (bicyclic) bond motifs is 1. The molecule has 4 aromatic heterocycles. The zero-order chi connectivity index (χ0) is 22.9. The SMILES string of the molecule is Fc1nc(-n2cc(-c3ccnc4[nH]ccc34)cn2)c(F)c(Br)c1F.O=C(O)C(F)(F)F. The highest BCUT2D eigenvalue weighted by Gasteiger charge is 2.38. The number of pyridine rings is 2. The number of hydrogen-bond donors (Lipinski definition) is 2. The molecular formula is C17H8BrF6N5O2. The van der Waals surface area contributed by atoms with Gasteiger partial charge in [0.2, 0.25) is 0 Å². The van der Waals surface area contributed by atoms with Crippen molar-refractivity contribution in [3.8, 4) is 16.9 Å². The summed E-state index contributed by atoms with van der Waals surface area (Å²) in [5.41, 5.74) is 2.17. The van der Waals surface area contributed by atoms with Crippen LogP contribution in [0.5, 0.6) is 0 Å². The molecule has 7 nitrogen and oxygen atoms in total. The van der Waals surface area contributed by atoms with Crippen LogP contribution in [0.3, 0.4) is 0 Å². The lowest BCUT2D eigenvalue weighted by Crippen LogP contribution is -2.21. The highest BCUT2D eigenvalue weighted by atomic mass is 79.9. The molecule has 0 aliphatic heterocycles. The molecule has 0 radical (unpaired) electrons. The maximum atomic E-state index is 14.2. The molecule has 31 heavy (non-hydrogen) atoms. The van der Waals surface area contributed by atoms with Crippen molar-refractivity contribution in [3.05, 3.63) is 59.0 Å². The van der Waals surface area contributed by atoms with Crippen LogP contribution in [0.15, 0.2) is 41.4 Å². The number of halogens is 7. The molecule has 0 amide bonds. The van der Waals surface area contributed by atoms with Crippen LogP contribution in [-0.4, -0.2) is 42.0 Å². The summed E-state index contributed by atoms with van der Waals surface area (Å²) in [6, 6.07) is 3.63. The van der Waals surface area contributed by atoms with E-state index in [4.69, 9.17) is 9.90 Å². The fourth-order valence-electron chi connectivity index (χ4n) is 2.42. The number of carbonyl (C=O) groups is 1. The van der Waals surface area contributed by atoms with Gasteiger partial charge in [0.25, 0.3) is 5.95 Å². The van der Waals surface area contributed by atoms with Crippen LogP contribution in [0.2, 0.25) is 0 Å². The molecular weight excluding hydrogens is 500 g/mol. The van der Waals surface area contributed by atoms with Gasteiger partial charge in [-0.1, -0.05) is 0 Å².